The Hall–Kier alpha value is -2.35. The van der Waals surface area contributed by atoms with Gasteiger partial charge in [0.05, 0.1) is 0 Å². The fraction of sp³-hybridized carbons (Fsp3) is 0.167. The number of rotatable bonds is 2. The zero-order valence-electron chi connectivity index (χ0n) is 11.5. The minimum Gasteiger partial charge on any atom is -0.308 e. The Morgan fingerprint density at radius 1 is 1.25 bits per heavy atom. The highest BCUT2D eigenvalue weighted by molar-refractivity contribution is 6.03. The molecule has 1 aliphatic rings. The van der Waals surface area contributed by atoms with Gasteiger partial charge in [-0.1, -0.05) is 54.6 Å². The topological polar surface area (TPSA) is 20.3 Å². The molecule has 2 nitrogen and oxygen atoms in total. The molecule has 2 aromatic carbocycles. The highest BCUT2D eigenvalue weighted by Gasteiger charge is 2.31. The molecule has 3 rings (SSSR count). The van der Waals surface area contributed by atoms with E-state index in [2.05, 4.69) is 43.8 Å². The van der Waals surface area contributed by atoms with E-state index in [0.29, 0.717) is 6.54 Å². The molecule has 20 heavy (non-hydrogen) atoms. The van der Waals surface area contributed by atoms with Gasteiger partial charge in [0.2, 0.25) is 5.91 Å². The van der Waals surface area contributed by atoms with Crippen molar-refractivity contribution in [2.45, 2.75) is 12.8 Å². The van der Waals surface area contributed by atoms with Crippen LogP contribution in [0.15, 0.2) is 61.2 Å². The summed E-state index contributed by atoms with van der Waals surface area (Å²) in [7, 11) is 0. The molecule has 0 saturated carbocycles. The van der Waals surface area contributed by atoms with Crippen LogP contribution in [-0.2, 0) is 4.79 Å². The number of amides is 1. The van der Waals surface area contributed by atoms with Crippen LogP contribution in [-0.4, -0.2) is 12.5 Å². The summed E-state index contributed by atoms with van der Waals surface area (Å²) < 4.78 is 0. The van der Waals surface area contributed by atoms with E-state index in [1.807, 2.05) is 23.1 Å². The molecule has 100 valence electrons. The Kier molecular flexibility index (Phi) is 3.15. The first-order valence-corrected chi connectivity index (χ1v) is 6.80. The summed E-state index contributed by atoms with van der Waals surface area (Å²) in [4.78, 5) is 13.8. The number of hydrogen-bond donors (Lipinski definition) is 0. The van der Waals surface area contributed by atoms with Gasteiger partial charge in [-0.05, 0) is 30.2 Å². The first-order valence-electron chi connectivity index (χ1n) is 6.80. The zero-order valence-corrected chi connectivity index (χ0v) is 11.5. The SMILES string of the molecule is C=CC(=O)N1CC(c2cccc(C)c2)c2ccccc21. The molecule has 0 bridgehead atoms. The molecule has 0 saturated heterocycles. The Bertz CT molecular complexity index is 675. The lowest BCUT2D eigenvalue weighted by Gasteiger charge is -2.16. The number of hydrogen-bond acceptors (Lipinski definition) is 1. The van der Waals surface area contributed by atoms with Crippen LogP contribution in [0.25, 0.3) is 0 Å². The Balaban J connectivity index is 2.07. The van der Waals surface area contributed by atoms with Gasteiger partial charge in [0.1, 0.15) is 0 Å². The van der Waals surface area contributed by atoms with Crippen LogP contribution in [0, 0.1) is 6.92 Å². The van der Waals surface area contributed by atoms with Gasteiger partial charge in [-0.3, -0.25) is 4.79 Å². The van der Waals surface area contributed by atoms with Gasteiger partial charge in [0.15, 0.2) is 0 Å². The maximum Gasteiger partial charge on any atom is 0.250 e. The largest absolute Gasteiger partial charge is 0.308 e. The number of carbonyl (C=O) groups is 1. The van der Waals surface area contributed by atoms with Crippen molar-refractivity contribution >= 4 is 11.6 Å². The van der Waals surface area contributed by atoms with E-state index in [9.17, 15) is 4.79 Å². The Morgan fingerprint density at radius 2 is 2.05 bits per heavy atom. The van der Waals surface area contributed by atoms with Crippen molar-refractivity contribution < 1.29 is 4.79 Å². The lowest BCUT2D eigenvalue weighted by Crippen LogP contribution is -2.27. The molecule has 0 spiro atoms. The average molecular weight is 263 g/mol. The third kappa shape index (κ3) is 2.03. The number of para-hydroxylation sites is 1. The number of fused-ring (bicyclic) bond motifs is 1. The van der Waals surface area contributed by atoms with Crippen molar-refractivity contribution in [1.29, 1.82) is 0 Å². The number of benzene rings is 2. The van der Waals surface area contributed by atoms with Crippen LogP contribution in [0.3, 0.4) is 0 Å². The summed E-state index contributed by atoms with van der Waals surface area (Å²) in [6, 6.07) is 16.6. The van der Waals surface area contributed by atoms with E-state index in [-0.39, 0.29) is 11.8 Å². The molecule has 0 aliphatic carbocycles. The number of aryl methyl sites for hydroxylation is 1. The third-order valence-corrected chi connectivity index (χ3v) is 3.85. The molecule has 0 aromatic heterocycles. The maximum atomic E-state index is 12.0. The van der Waals surface area contributed by atoms with Crippen molar-refractivity contribution in [2.75, 3.05) is 11.4 Å². The van der Waals surface area contributed by atoms with Crippen molar-refractivity contribution in [3.8, 4) is 0 Å². The fourth-order valence-electron chi connectivity index (χ4n) is 2.90. The molecule has 1 amide bonds. The molecule has 2 aromatic rings. The summed E-state index contributed by atoms with van der Waals surface area (Å²) in [6.45, 7) is 6.38. The second-order valence-electron chi connectivity index (χ2n) is 5.18. The van der Waals surface area contributed by atoms with Crippen molar-refractivity contribution in [3.63, 3.8) is 0 Å². The van der Waals surface area contributed by atoms with Gasteiger partial charge in [-0.2, -0.15) is 0 Å². The van der Waals surface area contributed by atoms with Crippen LogP contribution >= 0.6 is 0 Å². The van der Waals surface area contributed by atoms with Crippen molar-refractivity contribution in [3.05, 3.63) is 77.9 Å². The lowest BCUT2D eigenvalue weighted by atomic mass is 9.92. The second-order valence-corrected chi connectivity index (χ2v) is 5.18. The number of anilines is 1. The van der Waals surface area contributed by atoms with Crippen LogP contribution in [0.2, 0.25) is 0 Å². The van der Waals surface area contributed by atoms with Gasteiger partial charge in [-0.25, -0.2) is 0 Å². The lowest BCUT2D eigenvalue weighted by molar-refractivity contribution is -0.114. The monoisotopic (exact) mass is 263 g/mol. The standard InChI is InChI=1S/C18H17NO/c1-3-18(20)19-12-16(14-8-6-7-13(2)11-14)15-9-4-5-10-17(15)19/h3-11,16H,1,12H2,2H3. The predicted molar refractivity (Wildman–Crippen MR) is 82.0 cm³/mol. The Morgan fingerprint density at radius 3 is 2.80 bits per heavy atom. The predicted octanol–water partition coefficient (Wildman–Crippen LogP) is 3.66. The summed E-state index contributed by atoms with van der Waals surface area (Å²) in [5.74, 6) is 0.211. The Labute approximate surface area is 119 Å². The van der Waals surface area contributed by atoms with E-state index in [4.69, 9.17) is 0 Å². The summed E-state index contributed by atoms with van der Waals surface area (Å²) in [6.07, 6.45) is 1.38. The van der Waals surface area contributed by atoms with E-state index >= 15 is 0 Å². The van der Waals surface area contributed by atoms with Crippen molar-refractivity contribution in [2.24, 2.45) is 0 Å². The van der Waals surface area contributed by atoms with E-state index in [1.165, 1.54) is 22.8 Å². The van der Waals surface area contributed by atoms with Crippen LogP contribution in [0.4, 0.5) is 5.69 Å². The second kappa shape index (κ2) is 4.97. The fourth-order valence-corrected chi connectivity index (χ4v) is 2.90. The molecule has 0 fully saturated rings. The third-order valence-electron chi connectivity index (χ3n) is 3.85. The van der Waals surface area contributed by atoms with Crippen LogP contribution in [0.5, 0.6) is 0 Å². The minimum absolute atomic E-state index is 0.0346. The molecule has 2 heteroatoms. The summed E-state index contributed by atoms with van der Waals surface area (Å²) >= 11 is 0. The molecule has 0 radical (unpaired) electrons. The molecule has 1 unspecified atom stereocenters. The van der Waals surface area contributed by atoms with Gasteiger partial charge < -0.3 is 4.90 Å². The summed E-state index contributed by atoms with van der Waals surface area (Å²) in [5.41, 5.74) is 4.72. The summed E-state index contributed by atoms with van der Waals surface area (Å²) in [5, 5.41) is 0. The highest BCUT2D eigenvalue weighted by atomic mass is 16.2. The molecule has 1 atom stereocenters. The first kappa shape index (κ1) is 12.7. The van der Waals surface area contributed by atoms with E-state index < -0.39 is 0 Å². The molecule has 1 aliphatic heterocycles. The van der Waals surface area contributed by atoms with Gasteiger partial charge in [-0.15, -0.1) is 0 Å². The van der Waals surface area contributed by atoms with Crippen LogP contribution < -0.4 is 4.90 Å². The van der Waals surface area contributed by atoms with Gasteiger partial charge >= 0.3 is 0 Å². The van der Waals surface area contributed by atoms with E-state index in [1.54, 1.807) is 0 Å². The normalized spacial score (nSPS) is 16.9. The molecular weight excluding hydrogens is 246 g/mol. The number of nitrogens with zero attached hydrogens (tertiary/aromatic N) is 1. The molecular formula is C18H17NO. The molecule has 0 N–H and O–H groups in total. The quantitative estimate of drug-likeness (QED) is 0.757. The van der Waals surface area contributed by atoms with Gasteiger partial charge in [0.25, 0.3) is 0 Å². The van der Waals surface area contributed by atoms with E-state index in [0.717, 1.165) is 5.69 Å². The minimum atomic E-state index is -0.0346. The zero-order chi connectivity index (χ0) is 14.1. The molecule has 1 heterocycles. The smallest absolute Gasteiger partial charge is 0.250 e. The highest BCUT2D eigenvalue weighted by Crippen LogP contribution is 2.40. The van der Waals surface area contributed by atoms with Crippen LogP contribution in [0.1, 0.15) is 22.6 Å². The van der Waals surface area contributed by atoms with Gasteiger partial charge in [0, 0.05) is 18.2 Å². The van der Waals surface area contributed by atoms with Crippen molar-refractivity contribution in [1.82, 2.24) is 0 Å². The first-order chi connectivity index (χ1) is 9.70. The maximum absolute atomic E-state index is 12.0. The average Bonchev–Trinajstić information content (AvgIpc) is 2.86. The number of carbonyl (C=O) groups excluding carboxylic acids is 1.